The van der Waals surface area contributed by atoms with Crippen molar-refractivity contribution in [1.82, 2.24) is 14.1 Å². The van der Waals surface area contributed by atoms with Gasteiger partial charge in [0.2, 0.25) is 10.0 Å². The predicted molar refractivity (Wildman–Crippen MR) is 96.6 cm³/mol. The summed E-state index contributed by atoms with van der Waals surface area (Å²) in [5, 5.41) is 4.16. The standard InChI is InChI=1S/C17H24N4O3S/c1-4-21-14(2)17(13-18-21)25(22,23)20-11-9-19(10-12-20)15-5-7-16(24-3)8-6-15/h5-8,13H,4,9-12H2,1-3H3. The summed E-state index contributed by atoms with van der Waals surface area (Å²) in [6, 6.07) is 7.83. The van der Waals surface area contributed by atoms with E-state index in [0.717, 1.165) is 11.4 Å². The zero-order valence-corrected chi connectivity index (χ0v) is 15.7. The van der Waals surface area contributed by atoms with Gasteiger partial charge >= 0.3 is 0 Å². The van der Waals surface area contributed by atoms with Crippen molar-refractivity contribution in [3.8, 4) is 5.75 Å². The summed E-state index contributed by atoms with van der Waals surface area (Å²) in [4.78, 5) is 2.50. The van der Waals surface area contributed by atoms with Crippen LogP contribution in [0.4, 0.5) is 5.69 Å². The fraction of sp³-hybridized carbons (Fsp3) is 0.471. The van der Waals surface area contributed by atoms with Gasteiger partial charge in [0, 0.05) is 38.4 Å². The van der Waals surface area contributed by atoms with Gasteiger partial charge in [0.25, 0.3) is 0 Å². The van der Waals surface area contributed by atoms with Crippen LogP contribution in [0.5, 0.6) is 5.75 Å². The highest BCUT2D eigenvalue weighted by Crippen LogP contribution is 2.24. The molecule has 0 saturated carbocycles. The summed E-state index contributed by atoms with van der Waals surface area (Å²) < 4.78 is 34.2. The first-order valence-electron chi connectivity index (χ1n) is 8.39. The van der Waals surface area contributed by atoms with Crippen LogP contribution in [0.2, 0.25) is 0 Å². The Bertz CT molecular complexity index is 822. The number of aryl methyl sites for hydroxylation is 1. The number of ether oxygens (including phenoxy) is 1. The molecular formula is C17H24N4O3S. The summed E-state index contributed by atoms with van der Waals surface area (Å²) in [5.74, 6) is 0.813. The molecule has 1 aromatic carbocycles. The van der Waals surface area contributed by atoms with Gasteiger partial charge in [-0.05, 0) is 38.1 Å². The summed E-state index contributed by atoms with van der Waals surface area (Å²) >= 11 is 0. The monoisotopic (exact) mass is 364 g/mol. The number of anilines is 1. The highest BCUT2D eigenvalue weighted by Gasteiger charge is 2.31. The molecule has 2 heterocycles. The van der Waals surface area contributed by atoms with Gasteiger partial charge in [-0.15, -0.1) is 0 Å². The molecule has 8 heteroatoms. The molecule has 7 nitrogen and oxygen atoms in total. The van der Waals surface area contributed by atoms with Crippen molar-refractivity contribution >= 4 is 15.7 Å². The summed E-state index contributed by atoms with van der Waals surface area (Å²) in [6.45, 7) is 6.66. The average Bonchev–Trinajstić information content (AvgIpc) is 3.03. The van der Waals surface area contributed by atoms with E-state index in [1.54, 1.807) is 23.0 Å². The minimum absolute atomic E-state index is 0.312. The lowest BCUT2D eigenvalue weighted by atomic mass is 10.2. The number of hydrogen-bond acceptors (Lipinski definition) is 5. The first-order chi connectivity index (χ1) is 12.0. The molecule has 3 rings (SSSR count). The van der Waals surface area contributed by atoms with Crippen molar-refractivity contribution in [2.75, 3.05) is 38.2 Å². The fourth-order valence-corrected chi connectivity index (χ4v) is 4.70. The van der Waals surface area contributed by atoms with Gasteiger partial charge in [0.05, 0.1) is 19.0 Å². The second-order valence-electron chi connectivity index (χ2n) is 6.00. The molecule has 1 aliphatic rings. The second-order valence-corrected chi connectivity index (χ2v) is 7.91. The van der Waals surface area contributed by atoms with E-state index in [1.165, 1.54) is 6.20 Å². The number of methoxy groups -OCH3 is 1. The maximum atomic E-state index is 12.9. The van der Waals surface area contributed by atoms with Crippen LogP contribution >= 0.6 is 0 Å². The fourth-order valence-electron chi connectivity index (χ4n) is 3.12. The van der Waals surface area contributed by atoms with Gasteiger partial charge in [-0.3, -0.25) is 4.68 Å². The highest BCUT2D eigenvalue weighted by atomic mass is 32.2. The summed E-state index contributed by atoms with van der Waals surface area (Å²) in [7, 11) is -1.85. The van der Waals surface area contributed by atoms with Gasteiger partial charge in [-0.2, -0.15) is 9.40 Å². The summed E-state index contributed by atoms with van der Waals surface area (Å²) in [6.07, 6.45) is 1.46. The van der Waals surface area contributed by atoms with Gasteiger partial charge in [-0.25, -0.2) is 8.42 Å². The molecule has 1 aliphatic heterocycles. The molecule has 0 amide bonds. The number of piperazine rings is 1. The van der Waals surface area contributed by atoms with Crippen LogP contribution < -0.4 is 9.64 Å². The van der Waals surface area contributed by atoms with Crippen molar-refractivity contribution in [2.45, 2.75) is 25.3 Å². The number of benzene rings is 1. The van der Waals surface area contributed by atoms with Crippen molar-refractivity contribution in [1.29, 1.82) is 0 Å². The van der Waals surface area contributed by atoms with E-state index in [0.29, 0.717) is 43.3 Å². The number of rotatable bonds is 5. The van der Waals surface area contributed by atoms with E-state index in [1.807, 2.05) is 31.2 Å². The normalized spacial score (nSPS) is 16.2. The smallest absolute Gasteiger partial charge is 0.246 e. The van der Waals surface area contributed by atoms with Crippen LogP contribution in [0.1, 0.15) is 12.6 Å². The van der Waals surface area contributed by atoms with E-state index < -0.39 is 10.0 Å². The Hall–Kier alpha value is -2.06. The lowest BCUT2D eigenvalue weighted by molar-refractivity contribution is 0.384. The Morgan fingerprint density at radius 3 is 2.28 bits per heavy atom. The Kier molecular flexibility index (Phi) is 5.01. The number of sulfonamides is 1. The molecule has 1 fully saturated rings. The molecule has 0 aliphatic carbocycles. The molecule has 1 saturated heterocycles. The third-order valence-electron chi connectivity index (χ3n) is 4.65. The SMILES string of the molecule is CCn1ncc(S(=O)(=O)N2CCN(c3ccc(OC)cc3)CC2)c1C. The van der Waals surface area contributed by atoms with E-state index in [2.05, 4.69) is 10.00 Å². The van der Waals surface area contributed by atoms with Gasteiger partial charge < -0.3 is 9.64 Å². The molecule has 25 heavy (non-hydrogen) atoms. The highest BCUT2D eigenvalue weighted by molar-refractivity contribution is 7.89. The third kappa shape index (κ3) is 3.36. The second kappa shape index (κ2) is 7.05. The maximum Gasteiger partial charge on any atom is 0.246 e. The van der Waals surface area contributed by atoms with Crippen LogP contribution in [-0.2, 0) is 16.6 Å². The predicted octanol–water partition coefficient (Wildman–Crippen LogP) is 1.73. The molecule has 136 valence electrons. The van der Waals surface area contributed by atoms with Gasteiger partial charge in [0.15, 0.2) is 0 Å². The quantitative estimate of drug-likeness (QED) is 0.808. The van der Waals surface area contributed by atoms with E-state index in [9.17, 15) is 8.42 Å². The third-order valence-corrected chi connectivity index (χ3v) is 6.65. The van der Waals surface area contributed by atoms with Gasteiger partial charge in [-0.1, -0.05) is 0 Å². The first kappa shape index (κ1) is 17.8. The van der Waals surface area contributed by atoms with E-state index in [-0.39, 0.29) is 0 Å². The molecule has 0 N–H and O–H groups in total. The number of nitrogens with zero attached hydrogens (tertiary/aromatic N) is 4. The van der Waals surface area contributed by atoms with Crippen LogP contribution in [-0.4, -0.2) is 55.8 Å². The Labute approximate surface area is 148 Å². The molecule has 1 aromatic heterocycles. The van der Waals surface area contributed by atoms with Crippen molar-refractivity contribution in [3.05, 3.63) is 36.2 Å². The zero-order valence-electron chi connectivity index (χ0n) is 14.8. The van der Waals surface area contributed by atoms with Crippen LogP contribution in [0.15, 0.2) is 35.4 Å². The minimum Gasteiger partial charge on any atom is -0.497 e. The maximum absolute atomic E-state index is 12.9. The average molecular weight is 364 g/mol. The number of hydrogen-bond donors (Lipinski definition) is 0. The van der Waals surface area contributed by atoms with Crippen molar-refractivity contribution in [3.63, 3.8) is 0 Å². The molecule has 0 spiro atoms. The van der Waals surface area contributed by atoms with Crippen LogP contribution in [0.3, 0.4) is 0 Å². The molecule has 0 atom stereocenters. The largest absolute Gasteiger partial charge is 0.497 e. The first-order valence-corrected chi connectivity index (χ1v) is 9.83. The molecule has 0 unspecified atom stereocenters. The molecule has 2 aromatic rings. The van der Waals surface area contributed by atoms with Crippen molar-refractivity contribution < 1.29 is 13.2 Å². The lowest BCUT2D eigenvalue weighted by Gasteiger charge is -2.35. The Morgan fingerprint density at radius 1 is 1.12 bits per heavy atom. The van der Waals surface area contributed by atoms with Crippen LogP contribution in [0, 0.1) is 6.92 Å². The molecular weight excluding hydrogens is 340 g/mol. The molecule has 0 bridgehead atoms. The Morgan fingerprint density at radius 2 is 1.76 bits per heavy atom. The summed E-state index contributed by atoms with van der Waals surface area (Å²) in [5.41, 5.74) is 1.77. The van der Waals surface area contributed by atoms with E-state index >= 15 is 0 Å². The van der Waals surface area contributed by atoms with E-state index in [4.69, 9.17) is 4.74 Å². The number of aromatic nitrogens is 2. The topological polar surface area (TPSA) is 67.7 Å². The molecule has 0 radical (unpaired) electrons. The minimum atomic E-state index is -3.49. The van der Waals surface area contributed by atoms with Gasteiger partial charge in [0.1, 0.15) is 10.6 Å². The zero-order chi connectivity index (χ0) is 18.0. The van der Waals surface area contributed by atoms with Crippen LogP contribution in [0.25, 0.3) is 0 Å². The Balaban J connectivity index is 1.71. The lowest BCUT2D eigenvalue weighted by Crippen LogP contribution is -2.48. The van der Waals surface area contributed by atoms with Crippen molar-refractivity contribution in [2.24, 2.45) is 0 Å².